The van der Waals surface area contributed by atoms with Gasteiger partial charge in [0.15, 0.2) is 5.37 Å². The molecule has 0 spiro atoms. The van der Waals surface area contributed by atoms with Crippen LogP contribution in [0.5, 0.6) is 0 Å². The summed E-state index contributed by atoms with van der Waals surface area (Å²) in [5.74, 6) is 0.525. The molecular formula is C14H20N2O2S. The Balaban J connectivity index is 2.50. The number of rotatable bonds is 9. The van der Waals surface area contributed by atoms with Gasteiger partial charge in [0.2, 0.25) is 5.78 Å². The number of hydrogen-bond acceptors (Lipinski definition) is 5. The van der Waals surface area contributed by atoms with Crippen LogP contribution in [0.3, 0.4) is 0 Å². The molecular weight excluding hydrogens is 260 g/mol. The molecule has 0 saturated carbocycles. The smallest absolute Gasteiger partial charge is 0.201 e. The van der Waals surface area contributed by atoms with Gasteiger partial charge in [0.1, 0.15) is 0 Å². The number of ketones is 1. The first-order chi connectivity index (χ1) is 9.22. The van der Waals surface area contributed by atoms with Crippen molar-refractivity contribution in [3.05, 3.63) is 40.8 Å². The third-order valence-electron chi connectivity index (χ3n) is 2.96. The molecule has 0 bridgehead atoms. The highest BCUT2D eigenvalue weighted by Gasteiger charge is 2.21. The number of thioether (sulfide) groups is 1. The second kappa shape index (κ2) is 8.82. The summed E-state index contributed by atoms with van der Waals surface area (Å²) in [6, 6.07) is 8.84. The van der Waals surface area contributed by atoms with Gasteiger partial charge in [-0.15, -0.1) is 16.7 Å². The molecule has 0 heterocycles. The minimum Gasteiger partial charge on any atom is -0.303 e. The topological polar surface area (TPSA) is 49.7 Å². The summed E-state index contributed by atoms with van der Waals surface area (Å²) in [4.78, 5) is 25.1. The highest BCUT2D eigenvalue weighted by atomic mass is 32.2. The van der Waals surface area contributed by atoms with E-state index < -0.39 is 5.37 Å². The van der Waals surface area contributed by atoms with E-state index in [1.165, 1.54) is 11.8 Å². The first kappa shape index (κ1) is 15.9. The van der Waals surface area contributed by atoms with Crippen LogP contribution in [-0.2, 0) is 0 Å². The van der Waals surface area contributed by atoms with Crippen molar-refractivity contribution in [1.29, 1.82) is 0 Å². The molecule has 0 aliphatic rings. The van der Waals surface area contributed by atoms with Gasteiger partial charge in [-0.05, 0) is 18.3 Å². The van der Waals surface area contributed by atoms with E-state index in [2.05, 4.69) is 23.9 Å². The van der Waals surface area contributed by atoms with Crippen molar-refractivity contribution in [2.45, 2.75) is 19.2 Å². The van der Waals surface area contributed by atoms with Gasteiger partial charge in [-0.25, -0.2) is 0 Å². The molecule has 1 aromatic rings. The second-order valence-corrected chi connectivity index (χ2v) is 5.27. The van der Waals surface area contributed by atoms with Gasteiger partial charge in [-0.1, -0.05) is 44.2 Å². The summed E-state index contributed by atoms with van der Waals surface area (Å²) in [6.45, 7) is 7.01. The van der Waals surface area contributed by atoms with Gasteiger partial charge < -0.3 is 4.90 Å². The summed E-state index contributed by atoms with van der Waals surface area (Å²) < 4.78 is 0. The molecule has 0 N–H and O–H groups in total. The molecule has 0 radical (unpaired) electrons. The van der Waals surface area contributed by atoms with E-state index in [0.29, 0.717) is 5.56 Å². The predicted octanol–water partition coefficient (Wildman–Crippen LogP) is 3.04. The van der Waals surface area contributed by atoms with Crippen LogP contribution >= 0.6 is 11.8 Å². The Labute approximate surface area is 118 Å². The van der Waals surface area contributed by atoms with Crippen LogP contribution in [0.4, 0.5) is 0 Å². The van der Waals surface area contributed by atoms with Crippen molar-refractivity contribution in [1.82, 2.24) is 4.90 Å². The summed E-state index contributed by atoms with van der Waals surface area (Å²) in [6.07, 6.45) is 0. The van der Waals surface area contributed by atoms with Gasteiger partial charge in [0.05, 0.1) is 0 Å². The Hall–Kier alpha value is -1.20. The van der Waals surface area contributed by atoms with Crippen molar-refractivity contribution < 1.29 is 4.79 Å². The monoisotopic (exact) mass is 280 g/mol. The number of hydrogen-bond donors (Lipinski definition) is 0. The highest BCUT2D eigenvalue weighted by molar-refractivity contribution is 8.00. The molecule has 4 nitrogen and oxygen atoms in total. The molecule has 104 valence electrons. The molecule has 1 unspecified atom stereocenters. The average Bonchev–Trinajstić information content (AvgIpc) is 2.48. The molecule has 0 aliphatic heterocycles. The van der Waals surface area contributed by atoms with E-state index in [4.69, 9.17) is 0 Å². The van der Waals surface area contributed by atoms with E-state index in [1.807, 2.05) is 6.07 Å². The highest BCUT2D eigenvalue weighted by Crippen LogP contribution is 2.18. The van der Waals surface area contributed by atoms with Crippen molar-refractivity contribution in [2.24, 2.45) is 5.18 Å². The standard InChI is InChI=1S/C14H20N2O2S/c1-3-16(4-2)10-11-19-14(15-18)13(17)12-8-6-5-7-9-12/h5-9,14H,3-4,10-11H2,1-2H3. The van der Waals surface area contributed by atoms with Gasteiger partial charge in [0.25, 0.3) is 0 Å². The number of nitroso groups, excluding NO2 is 1. The molecule has 1 rings (SSSR count). The van der Waals surface area contributed by atoms with Crippen LogP contribution in [0, 0.1) is 4.91 Å². The second-order valence-electron chi connectivity index (χ2n) is 4.09. The van der Waals surface area contributed by atoms with Gasteiger partial charge in [-0.2, -0.15) is 0 Å². The fourth-order valence-electron chi connectivity index (χ4n) is 1.73. The maximum Gasteiger partial charge on any atom is 0.201 e. The molecule has 0 aromatic heterocycles. The quantitative estimate of drug-likeness (QED) is 0.515. The first-order valence-corrected chi connectivity index (χ1v) is 7.53. The van der Waals surface area contributed by atoms with Crippen molar-refractivity contribution in [3.63, 3.8) is 0 Å². The number of carbonyl (C=O) groups is 1. The Kier molecular flexibility index (Phi) is 7.36. The van der Waals surface area contributed by atoms with E-state index in [-0.39, 0.29) is 5.78 Å². The van der Waals surface area contributed by atoms with Crippen molar-refractivity contribution >= 4 is 17.5 Å². The maximum absolute atomic E-state index is 12.1. The van der Waals surface area contributed by atoms with Crippen LogP contribution in [0.2, 0.25) is 0 Å². The Morgan fingerprint density at radius 3 is 2.42 bits per heavy atom. The number of carbonyl (C=O) groups excluding carboxylic acids is 1. The van der Waals surface area contributed by atoms with E-state index in [9.17, 15) is 9.70 Å². The van der Waals surface area contributed by atoms with Crippen molar-refractivity contribution in [2.75, 3.05) is 25.4 Å². The molecule has 19 heavy (non-hydrogen) atoms. The molecule has 0 aliphatic carbocycles. The lowest BCUT2D eigenvalue weighted by molar-refractivity contribution is 0.0991. The van der Waals surface area contributed by atoms with Crippen LogP contribution in [0.25, 0.3) is 0 Å². The summed E-state index contributed by atoms with van der Waals surface area (Å²) in [5, 5.41) is 2.12. The Bertz CT molecular complexity index is 394. The van der Waals surface area contributed by atoms with Gasteiger partial charge in [0, 0.05) is 17.9 Å². The zero-order chi connectivity index (χ0) is 14.1. The third kappa shape index (κ3) is 5.12. The molecule has 1 atom stereocenters. The number of Topliss-reactive ketones (excluding diaryl/α,β-unsaturated/α-hetero) is 1. The molecule has 0 saturated heterocycles. The van der Waals surface area contributed by atoms with Crippen molar-refractivity contribution in [3.8, 4) is 0 Å². The van der Waals surface area contributed by atoms with Gasteiger partial charge >= 0.3 is 0 Å². The van der Waals surface area contributed by atoms with E-state index in [0.717, 1.165) is 25.4 Å². The SMILES string of the molecule is CCN(CC)CCSC(N=O)C(=O)c1ccccc1. The summed E-state index contributed by atoms with van der Waals surface area (Å²) >= 11 is 1.31. The average molecular weight is 280 g/mol. The lowest BCUT2D eigenvalue weighted by Crippen LogP contribution is -2.26. The maximum atomic E-state index is 12.1. The van der Waals surface area contributed by atoms with Gasteiger partial charge in [-0.3, -0.25) is 4.79 Å². The molecule has 1 aromatic carbocycles. The van der Waals surface area contributed by atoms with E-state index >= 15 is 0 Å². The number of benzene rings is 1. The fourth-order valence-corrected chi connectivity index (χ4v) is 2.67. The normalized spacial score (nSPS) is 12.4. The first-order valence-electron chi connectivity index (χ1n) is 6.48. The Morgan fingerprint density at radius 1 is 1.26 bits per heavy atom. The van der Waals surface area contributed by atoms with Crippen LogP contribution in [0.1, 0.15) is 24.2 Å². The lowest BCUT2D eigenvalue weighted by Gasteiger charge is -2.18. The molecule has 0 amide bonds. The molecule has 5 heteroatoms. The minimum atomic E-state index is -0.835. The summed E-state index contributed by atoms with van der Waals surface area (Å²) in [5.41, 5.74) is 0.544. The van der Waals surface area contributed by atoms with Crippen LogP contribution < -0.4 is 0 Å². The third-order valence-corrected chi connectivity index (χ3v) is 3.99. The predicted molar refractivity (Wildman–Crippen MR) is 80.6 cm³/mol. The Morgan fingerprint density at radius 2 is 1.89 bits per heavy atom. The number of nitrogens with zero attached hydrogens (tertiary/aromatic N) is 2. The summed E-state index contributed by atoms with van der Waals surface area (Å²) in [7, 11) is 0. The zero-order valence-corrected chi connectivity index (χ0v) is 12.2. The fraction of sp³-hybridized carbons (Fsp3) is 0.500. The lowest BCUT2D eigenvalue weighted by atomic mass is 10.1. The van der Waals surface area contributed by atoms with Crippen LogP contribution in [0.15, 0.2) is 35.5 Å². The van der Waals surface area contributed by atoms with Crippen LogP contribution in [-0.4, -0.2) is 41.4 Å². The molecule has 0 fully saturated rings. The van der Waals surface area contributed by atoms with E-state index in [1.54, 1.807) is 24.3 Å². The minimum absolute atomic E-state index is 0.208. The zero-order valence-electron chi connectivity index (χ0n) is 11.4. The largest absolute Gasteiger partial charge is 0.303 e.